The Labute approximate surface area is 195 Å². The minimum atomic E-state index is -0.173. The van der Waals surface area contributed by atoms with E-state index >= 15 is 0 Å². The van der Waals surface area contributed by atoms with Gasteiger partial charge in [0.15, 0.2) is 6.61 Å². The van der Waals surface area contributed by atoms with Crippen molar-refractivity contribution in [1.82, 2.24) is 10.2 Å². The maximum absolute atomic E-state index is 13.0. The Bertz CT molecular complexity index is 1100. The van der Waals surface area contributed by atoms with Crippen LogP contribution in [0.5, 0.6) is 5.75 Å². The van der Waals surface area contributed by atoms with Gasteiger partial charge in [-0.05, 0) is 40.8 Å². The zero-order valence-electron chi connectivity index (χ0n) is 19.2. The van der Waals surface area contributed by atoms with Crippen molar-refractivity contribution in [2.75, 3.05) is 13.2 Å². The van der Waals surface area contributed by atoms with E-state index in [1.54, 1.807) is 0 Å². The van der Waals surface area contributed by atoms with Gasteiger partial charge in [0.1, 0.15) is 5.75 Å². The first-order valence-electron chi connectivity index (χ1n) is 11.4. The Balaban J connectivity index is 1.51. The summed E-state index contributed by atoms with van der Waals surface area (Å²) in [5.74, 6) is 0.516. The highest BCUT2D eigenvalue weighted by Gasteiger charge is 2.33. The van der Waals surface area contributed by atoms with Crippen molar-refractivity contribution in [3.8, 4) is 5.75 Å². The van der Waals surface area contributed by atoms with Gasteiger partial charge in [-0.2, -0.15) is 0 Å². The molecule has 0 saturated carbocycles. The smallest absolute Gasteiger partial charge is 0.258 e. The highest BCUT2D eigenvalue weighted by molar-refractivity contribution is 5.80. The molecule has 1 heterocycles. The Kier molecular flexibility index (Phi) is 7.08. The van der Waals surface area contributed by atoms with E-state index in [2.05, 4.69) is 23.5 Å². The van der Waals surface area contributed by atoms with Crippen molar-refractivity contribution in [2.45, 2.75) is 32.9 Å². The Hall–Kier alpha value is -3.60. The second-order valence-corrected chi connectivity index (χ2v) is 8.66. The topological polar surface area (TPSA) is 58.6 Å². The van der Waals surface area contributed by atoms with E-state index in [1.807, 2.05) is 79.4 Å². The number of fused-ring (bicyclic) bond motifs is 1. The SMILES string of the molecule is CC(C)C(=O)N1CCc2ccc(OCC(=O)NCc3ccccc3)cc2[C@H]1c1ccccc1. The Morgan fingerprint density at radius 1 is 1.00 bits per heavy atom. The number of carbonyl (C=O) groups is 2. The van der Waals surface area contributed by atoms with Crippen molar-refractivity contribution >= 4 is 11.8 Å². The van der Waals surface area contributed by atoms with Crippen LogP contribution < -0.4 is 10.1 Å². The van der Waals surface area contributed by atoms with E-state index in [-0.39, 0.29) is 30.4 Å². The molecule has 3 aromatic carbocycles. The lowest BCUT2D eigenvalue weighted by Gasteiger charge is -2.39. The van der Waals surface area contributed by atoms with Crippen LogP contribution in [0.3, 0.4) is 0 Å². The molecule has 0 bridgehead atoms. The Morgan fingerprint density at radius 2 is 1.70 bits per heavy atom. The van der Waals surface area contributed by atoms with Crippen LogP contribution in [0.2, 0.25) is 0 Å². The van der Waals surface area contributed by atoms with Gasteiger partial charge in [-0.3, -0.25) is 9.59 Å². The molecule has 1 N–H and O–H groups in total. The van der Waals surface area contributed by atoms with Gasteiger partial charge >= 0.3 is 0 Å². The second kappa shape index (κ2) is 10.3. The van der Waals surface area contributed by atoms with Crippen LogP contribution >= 0.6 is 0 Å². The van der Waals surface area contributed by atoms with Crippen molar-refractivity contribution < 1.29 is 14.3 Å². The second-order valence-electron chi connectivity index (χ2n) is 8.66. The summed E-state index contributed by atoms with van der Waals surface area (Å²) in [7, 11) is 0. The number of hydrogen-bond donors (Lipinski definition) is 1. The lowest BCUT2D eigenvalue weighted by atomic mass is 9.87. The zero-order chi connectivity index (χ0) is 23.2. The summed E-state index contributed by atoms with van der Waals surface area (Å²) in [5.41, 5.74) is 4.38. The van der Waals surface area contributed by atoms with Gasteiger partial charge in [-0.15, -0.1) is 0 Å². The number of nitrogens with zero attached hydrogens (tertiary/aromatic N) is 1. The third kappa shape index (κ3) is 5.43. The molecular formula is C28H30N2O3. The normalized spacial score (nSPS) is 15.1. The molecule has 0 saturated heterocycles. The molecule has 0 fully saturated rings. The van der Waals surface area contributed by atoms with Crippen LogP contribution in [0.15, 0.2) is 78.9 Å². The van der Waals surface area contributed by atoms with Crippen LogP contribution in [0, 0.1) is 5.92 Å². The molecule has 1 aliphatic rings. The van der Waals surface area contributed by atoms with Gasteiger partial charge in [0.25, 0.3) is 5.91 Å². The third-order valence-electron chi connectivity index (χ3n) is 5.94. The standard InChI is InChI=1S/C28H30N2O3/c1-20(2)28(32)30-16-15-22-13-14-24(17-25(22)27(30)23-11-7-4-8-12-23)33-19-26(31)29-18-21-9-5-3-6-10-21/h3-14,17,20,27H,15-16,18-19H2,1-2H3,(H,29,31)/t27-/m1/s1. The first kappa shape index (κ1) is 22.6. The van der Waals surface area contributed by atoms with Crippen LogP contribution in [0.1, 0.15) is 42.1 Å². The molecule has 0 aromatic heterocycles. The minimum Gasteiger partial charge on any atom is -0.484 e. The summed E-state index contributed by atoms with van der Waals surface area (Å²) in [6, 6.07) is 25.7. The highest BCUT2D eigenvalue weighted by atomic mass is 16.5. The van der Waals surface area contributed by atoms with E-state index in [4.69, 9.17) is 4.74 Å². The molecule has 4 rings (SSSR count). The number of nitrogens with one attached hydrogen (secondary N) is 1. The molecule has 3 aromatic rings. The van der Waals surface area contributed by atoms with Gasteiger partial charge < -0.3 is 15.0 Å². The van der Waals surface area contributed by atoms with Crippen LogP contribution in [-0.2, 0) is 22.6 Å². The molecule has 1 atom stereocenters. The fourth-order valence-corrected chi connectivity index (χ4v) is 4.24. The molecule has 0 aliphatic carbocycles. The average molecular weight is 443 g/mol. The van der Waals surface area contributed by atoms with E-state index in [1.165, 1.54) is 5.56 Å². The molecule has 5 nitrogen and oxygen atoms in total. The predicted molar refractivity (Wildman–Crippen MR) is 129 cm³/mol. The van der Waals surface area contributed by atoms with Crippen molar-refractivity contribution in [3.05, 3.63) is 101 Å². The van der Waals surface area contributed by atoms with Gasteiger partial charge in [-0.1, -0.05) is 80.6 Å². The highest BCUT2D eigenvalue weighted by Crippen LogP contribution is 2.37. The lowest BCUT2D eigenvalue weighted by molar-refractivity contribution is -0.136. The summed E-state index contributed by atoms with van der Waals surface area (Å²) in [5, 5.41) is 2.88. The van der Waals surface area contributed by atoms with Crippen LogP contribution in [0.4, 0.5) is 0 Å². The number of benzene rings is 3. The molecule has 0 spiro atoms. The van der Waals surface area contributed by atoms with E-state index in [0.717, 1.165) is 23.1 Å². The molecule has 1 aliphatic heterocycles. The fourth-order valence-electron chi connectivity index (χ4n) is 4.24. The average Bonchev–Trinajstić information content (AvgIpc) is 2.86. The maximum Gasteiger partial charge on any atom is 0.258 e. The van der Waals surface area contributed by atoms with Gasteiger partial charge in [-0.25, -0.2) is 0 Å². The summed E-state index contributed by atoms with van der Waals surface area (Å²) in [4.78, 5) is 27.3. The quantitative estimate of drug-likeness (QED) is 0.586. The first-order chi connectivity index (χ1) is 16.0. The number of hydrogen-bond acceptors (Lipinski definition) is 3. The predicted octanol–water partition coefficient (Wildman–Crippen LogP) is 4.51. The minimum absolute atomic E-state index is 0.0593. The number of ether oxygens (including phenoxy) is 1. The molecule has 2 amide bonds. The van der Waals surface area contributed by atoms with E-state index < -0.39 is 0 Å². The van der Waals surface area contributed by atoms with E-state index in [0.29, 0.717) is 18.8 Å². The largest absolute Gasteiger partial charge is 0.484 e. The molecule has 0 radical (unpaired) electrons. The maximum atomic E-state index is 13.0. The number of carbonyl (C=O) groups excluding carboxylic acids is 2. The van der Waals surface area contributed by atoms with Gasteiger partial charge in [0, 0.05) is 19.0 Å². The molecule has 5 heteroatoms. The Morgan fingerprint density at radius 3 is 2.39 bits per heavy atom. The first-order valence-corrected chi connectivity index (χ1v) is 11.4. The number of rotatable bonds is 7. The van der Waals surface area contributed by atoms with Crippen molar-refractivity contribution in [3.63, 3.8) is 0 Å². The summed E-state index contributed by atoms with van der Waals surface area (Å²) in [6.07, 6.45) is 0.801. The zero-order valence-corrected chi connectivity index (χ0v) is 19.2. The summed E-state index contributed by atoms with van der Waals surface area (Å²) < 4.78 is 5.83. The fraction of sp³-hybridized carbons (Fsp3) is 0.286. The van der Waals surface area contributed by atoms with Crippen LogP contribution in [0.25, 0.3) is 0 Å². The van der Waals surface area contributed by atoms with Crippen LogP contribution in [-0.4, -0.2) is 29.9 Å². The monoisotopic (exact) mass is 442 g/mol. The molecular weight excluding hydrogens is 412 g/mol. The van der Waals surface area contributed by atoms with E-state index in [9.17, 15) is 9.59 Å². The molecule has 170 valence electrons. The summed E-state index contributed by atoms with van der Waals surface area (Å²) in [6.45, 7) is 4.97. The number of amides is 2. The summed E-state index contributed by atoms with van der Waals surface area (Å²) >= 11 is 0. The van der Waals surface area contributed by atoms with Gasteiger partial charge in [0.2, 0.25) is 5.91 Å². The van der Waals surface area contributed by atoms with Crippen molar-refractivity contribution in [1.29, 1.82) is 0 Å². The third-order valence-corrected chi connectivity index (χ3v) is 5.94. The lowest BCUT2D eigenvalue weighted by Crippen LogP contribution is -2.42. The molecule has 33 heavy (non-hydrogen) atoms. The van der Waals surface area contributed by atoms with Gasteiger partial charge in [0.05, 0.1) is 6.04 Å². The molecule has 0 unspecified atom stereocenters. The van der Waals surface area contributed by atoms with Crippen molar-refractivity contribution in [2.24, 2.45) is 5.92 Å².